The van der Waals surface area contributed by atoms with Crippen LogP contribution in [0.15, 0.2) is 78.9 Å². The molecule has 0 bridgehead atoms. The molecule has 0 aliphatic heterocycles. The summed E-state index contributed by atoms with van der Waals surface area (Å²) in [6, 6.07) is 24.0. The largest absolute Gasteiger partial charge is 0.479 e. The van der Waals surface area contributed by atoms with Crippen molar-refractivity contribution in [3.8, 4) is 11.1 Å². The van der Waals surface area contributed by atoms with Gasteiger partial charge in [-0.25, -0.2) is 15.1 Å². The van der Waals surface area contributed by atoms with Crippen LogP contribution in [-0.2, 0) is 35.2 Å². The fourth-order valence-corrected chi connectivity index (χ4v) is 4.56. The van der Waals surface area contributed by atoms with Crippen LogP contribution in [0.25, 0.3) is 11.1 Å². The number of hydroxylamine groups is 1. The van der Waals surface area contributed by atoms with E-state index in [2.05, 4.69) is 10.8 Å². The van der Waals surface area contributed by atoms with Crippen LogP contribution < -0.4 is 10.8 Å². The summed E-state index contributed by atoms with van der Waals surface area (Å²) in [4.78, 5) is 42.4. The Bertz CT molecular complexity index is 1270. The molecule has 3 atom stereocenters. The number of nitrogens with one attached hydrogen (secondary N) is 2. The van der Waals surface area contributed by atoms with Crippen LogP contribution in [0.4, 0.5) is 4.79 Å². The molecule has 0 heterocycles. The lowest BCUT2D eigenvalue weighted by atomic mass is 9.98. The molecule has 0 fully saturated rings. The van der Waals surface area contributed by atoms with E-state index in [1.807, 2.05) is 78.9 Å². The molecule has 3 aromatic carbocycles. The topological polar surface area (TPSA) is 132 Å². The summed E-state index contributed by atoms with van der Waals surface area (Å²) in [5.74, 6) is -2.29. The van der Waals surface area contributed by atoms with Crippen molar-refractivity contribution in [1.82, 2.24) is 10.8 Å². The molecule has 3 N–H and O–H groups in total. The van der Waals surface area contributed by atoms with Gasteiger partial charge in [-0.05, 0) is 34.7 Å². The Kier molecular flexibility index (Phi) is 9.85. The third-order valence-corrected chi connectivity index (χ3v) is 6.62. The number of benzene rings is 3. The van der Waals surface area contributed by atoms with Gasteiger partial charge in [0.2, 0.25) is 6.10 Å². The summed E-state index contributed by atoms with van der Waals surface area (Å²) in [6.07, 6.45) is -3.09. The quantitative estimate of drug-likeness (QED) is 0.276. The van der Waals surface area contributed by atoms with Crippen molar-refractivity contribution >= 4 is 18.0 Å². The molecule has 3 aromatic rings. The van der Waals surface area contributed by atoms with Gasteiger partial charge in [0, 0.05) is 13.0 Å². The highest BCUT2D eigenvalue weighted by Crippen LogP contribution is 2.44. The van der Waals surface area contributed by atoms with Gasteiger partial charge in [-0.15, -0.1) is 0 Å². The molecule has 0 radical (unpaired) electrons. The van der Waals surface area contributed by atoms with Crippen molar-refractivity contribution in [1.29, 1.82) is 0 Å². The number of carboxylic acid groups (broad SMARTS) is 1. The predicted molar refractivity (Wildman–Crippen MR) is 145 cm³/mol. The smallest absolute Gasteiger partial charge is 0.407 e. The van der Waals surface area contributed by atoms with Crippen LogP contribution in [0.3, 0.4) is 0 Å². The number of ether oxygens (including phenoxy) is 3. The summed E-state index contributed by atoms with van der Waals surface area (Å²) >= 11 is 0. The maximum absolute atomic E-state index is 13.0. The highest BCUT2D eigenvalue weighted by molar-refractivity contribution is 5.86. The van der Waals surface area contributed by atoms with Crippen LogP contribution in [0.2, 0.25) is 0 Å². The molecule has 1 aliphatic rings. The number of hydrogen-bond acceptors (Lipinski definition) is 7. The summed E-state index contributed by atoms with van der Waals surface area (Å²) in [7, 11) is 1.31. The maximum atomic E-state index is 13.0. The number of aliphatic carboxylic acids is 1. The summed E-state index contributed by atoms with van der Waals surface area (Å²) < 4.78 is 16.3. The second kappa shape index (κ2) is 13.7. The first-order valence-corrected chi connectivity index (χ1v) is 12.8. The molecule has 0 spiro atoms. The molecular formula is C30H32N2O8. The third kappa shape index (κ3) is 7.03. The predicted octanol–water partition coefficient (Wildman–Crippen LogP) is 3.65. The zero-order chi connectivity index (χ0) is 28.5. The molecule has 1 aliphatic carbocycles. The lowest BCUT2D eigenvalue weighted by molar-refractivity contribution is -0.166. The first kappa shape index (κ1) is 28.8. The zero-order valence-electron chi connectivity index (χ0n) is 22.2. The van der Waals surface area contributed by atoms with Crippen LogP contribution in [0.5, 0.6) is 0 Å². The van der Waals surface area contributed by atoms with E-state index in [1.165, 1.54) is 7.11 Å². The van der Waals surface area contributed by atoms with E-state index >= 15 is 0 Å². The van der Waals surface area contributed by atoms with Gasteiger partial charge in [0.25, 0.3) is 5.91 Å². The van der Waals surface area contributed by atoms with Crippen molar-refractivity contribution in [2.45, 2.75) is 37.7 Å². The van der Waals surface area contributed by atoms with Crippen LogP contribution in [-0.4, -0.2) is 61.6 Å². The lowest BCUT2D eigenvalue weighted by Crippen LogP contribution is -2.54. The Morgan fingerprint density at radius 1 is 0.900 bits per heavy atom. The number of hydrogen-bond donors (Lipinski definition) is 3. The van der Waals surface area contributed by atoms with Gasteiger partial charge in [-0.1, -0.05) is 78.9 Å². The van der Waals surface area contributed by atoms with Crippen molar-refractivity contribution in [2.24, 2.45) is 0 Å². The van der Waals surface area contributed by atoms with Crippen molar-refractivity contribution in [3.63, 3.8) is 0 Å². The monoisotopic (exact) mass is 548 g/mol. The molecule has 40 heavy (non-hydrogen) atoms. The Labute approximate surface area is 232 Å². The highest BCUT2D eigenvalue weighted by atomic mass is 16.7. The van der Waals surface area contributed by atoms with Gasteiger partial charge in [0.1, 0.15) is 12.6 Å². The van der Waals surface area contributed by atoms with E-state index in [-0.39, 0.29) is 25.7 Å². The standard InChI is InChI=1S/C30H32N2O8/c1-19(38-16-20-10-4-3-5-11-20)27(28(33)32-40-26(18-37-2)29(34)35)31-30(36)39-17-25-23-14-8-6-12-21(23)22-13-7-9-15-24(22)25/h3-15,19,25-27H,16-18H2,1-2H3,(H,31,36)(H,32,33)(H,34,35)/t19-,26?,27+/m0/s1. The first-order chi connectivity index (χ1) is 19.4. The minimum Gasteiger partial charge on any atom is -0.479 e. The molecule has 2 amide bonds. The minimum absolute atomic E-state index is 0.0544. The molecule has 0 aromatic heterocycles. The van der Waals surface area contributed by atoms with Crippen molar-refractivity contribution in [3.05, 3.63) is 95.6 Å². The molecule has 10 nitrogen and oxygen atoms in total. The second-order valence-corrected chi connectivity index (χ2v) is 9.32. The fourth-order valence-electron chi connectivity index (χ4n) is 4.56. The number of carboxylic acids is 1. The van der Waals surface area contributed by atoms with Gasteiger partial charge in [-0.3, -0.25) is 9.63 Å². The van der Waals surface area contributed by atoms with Crippen LogP contribution >= 0.6 is 0 Å². The minimum atomic E-state index is -1.44. The van der Waals surface area contributed by atoms with Crippen molar-refractivity contribution < 1.29 is 38.5 Å². The molecule has 10 heteroatoms. The number of methoxy groups -OCH3 is 1. The molecule has 1 unspecified atom stereocenters. The van der Waals surface area contributed by atoms with Crippen molar-refractivity contribution in [2.75, 3.05) is 20.3 Å². The lowest BCUT2D eigenvalue weighted by Gasteiger charge is -2.25. The van der Waals surface area contributed by atoms with Crippen LogP contribution in [0, 0.1) is 0 Å². The van der Waals surface area contributed by atoms with Gasteiger partial charge in [0.15, 0.2) is 0 Å². The number of carbonyl (C=O) groups is 3. The van der Waals surface area contributed by atoms with Crippen LogP contribution in [0.1, 0.15) is 29.5 Å². The normalized spacial score (nSPS) is 14.3. The number of alkyl carbamates (subject to hydrolysis) is 1. The molecule has 210 valence electrons. The second-order valence-electron chi connectivity index (χ2n) is 9.32. The van der Waals surface area contributed by atoms with E-state index in [0.717, 1.165) is 27.8 Å². The first-order valence-electron chi connectivity index (χ1n) is 12.8. The fraction of sp³-hybridized carbons (Fsp3) is 0.300. The number of amides is 2. The summed E-state index contributed by atoms with van der Waals surface area (Å²) in [5.41, 5.74) is 7.27. The summed E-state index contributed by atoms with van der Waals surface area (Å²) in [5, 5.41) is 11.8. The number of fused-ring (bicyclic) bond motifs is 3. The van der Waals surface area contributed by atoms with E-state index in [0.29, 0.717) is 0 Å². The Morgan fingerprint density at radius 2 is 1.50 bits per heavy atom. The van der Waals surface area contributed by atoms with Gasteiger partial charge in [0.05, 0.1) is 19.3 Å². The average Bonchev–Trinajstić information content (AvgIpc) is 3.29. The SMILES string of the molecule is COCC(ONC(=O)[C@H](NC(=O)OCC1c2ccccc2-c2ccccc21)[C@H](C)OCc1ccccc1)C(=O)O. The van der Waals surface area contributed by atoms with Gasteiger partial charge in [-0.2, -0.15) is 0 Å². The van der Waals surface area contributed by atoms with Gasteiger partial charge >= 0.3 is 12.1 Å². The van der Waals surface area contributed by atoms with Gasteiger partial charge < -0.3 is 24.6 Å². The zero-order valence-corrected chi connectivity index (χ0v) is 22.2. The third-order valence-electron chi connectivity index (χ3n) is 6.62. The summed E-state index contributed by atoms with van der Waals surface area (Å²) in [6.45, 7) is 1.56. The van der Waals surface area contributed by atoms with E-state index in [9.17, 15) is 19.5 Å². The average molecular weight is 549 g/mol. The highest BCUT2D eigenvalue weighted by Gasteiger charge is 2.32. The number of carbonyl (C=O) groups excluding carboxylic acids is 2. The van der Waals surface area contributed by atoms with E-state index in [4.69, 9.17) is 19.0 Å². The Morgan fingerprint density at radius 3 is 2.10 bits per heavy atom. The molecule has 0 saturated heterocycles. The molecular weight excluding hydrogens is 516 g/mol. The maximum Gasteiger partial charge on any atom is 0.407 e. The van der Waals surface area contributed by atoms with E-state index in [1.54, 1.807) is 6.92 Å². The van der Waals surface area contributed by atoms with E-state index < -0.39 is 36.2 Å². The number of rotatable bonds is 13. The molecule has 4 rings (SSSR count). The Balaban J connectivity index is 1.43. The molecule has 0 saturated carbocycles. The Hall–Kier alpha value is -4.25.